The van der Waals surface area contributed by atoms with Crippen LogP contribution in [0.25, 0.3) is 11.3 Å². The standard InChI is InChI=1S/C20H15F3N4O2/c21-20(22,23)14-3-1-2-13(12-14)16-4-5-17-18(26-16)27(10-11-29-17)19(28)25-15-6-8-24-9-7-15/h1-9,12H,10-11H2,(H,24,25,28). The molecule has 0 saturated carbocycles. The number of amides is 2. The third-order valence-corrected chi connectivity index (χ3v) is 4.33. The number of carbonyl (C=O) groups excluding carboxylic acids is 1. The molecule has 2 amide bonds. The molecule has 0 bridgehead atoms. The van der Waals surface area contributed by atoms with Gasteiger partial charge in [-0.2, -0.15) is 13.2 Å². The summed E-state index contributed by atoms with van der Waals surface area (Å²) in [7, 11) is 0. The van der Waals surface area contributed by atoms with Gasteiger partial charge in [0.1, 0.15) is 6.61 Å². The first-order chi connectivity index (χ1) is 13.9. The minimum Gasteiger partial charge on any atom is -0.488 e. The minimum atomic E-state index is -4.45. The van der Waals surface area contributed by atoms with E-state index >= 15 is 0 Å². The summed E-state index contributed by atoms with van der Waals surface area (Å²) in [5.41, 5.74) is 0.398. The number of nitrogens with one attached hydrogen (secondary N) is 1. The predicted octanol–water partition coefficient (Wildman–Crippen LogP) is 4.59. The quantitative estimate of drug-likeness (QED) is 0.683. The van der Waals surface area contributed by atoms with E-state index in [-0.39, 0.29) is 19.0 Å². The van der Waals surface area contributed by atoms with Crippen molar-refractivity contribution < 1.29 is 22.7 Å². The van der Waals surface area contributed by atoms with Gasteiger partial charge in [0.2, 0.25) is 0 Å². The molecule has 0 spiro atoms. The van der Waals surface area contributed by atoms with Crippen molar-refractivity contribution in [3.63, 3.8) is 0 Å². The molecule has 6 nitrogen and oxygen atoms in total. The maximum Gasteiger partial charge on any atom is 0.416 e. The predicted molar refractivity (Wildman–Crippen MR) is 101 cm³/mol. The van der Waals surface area contributed by atoms with E-state index < -0.39 is 17.8 Å². The topological polar surface area (TPSA) is 67.4 Å². The van der Waals surface area contributed by atoms with Crippen molar-refractivity contribution in [1.29, 1.82) is 0 Å². The van der Waals surface area contributed by atoms with Crippen LogP contribution in [0.5, 0.6) is 5.75 Å². The SMILES string of the molecule is O=C(Nc1ccncc1)N1CCOc2ccc(-c3cccc(C(F)(F)F)c3)nc21. The summed E-state index contributed by atoms with van der Waals surface area (Å²) in [6, 6.07) is 10.9. The lowest BCUT2D eigenvalue weighted by Crippen LogP contribution is -2.41. The van der Waals surface area contributed by atoms with Gasteiger partial charge < -0.3 is 10.1 Å². The van der Waals surface area contributed by atoms with Crippen LogP contribution in [-0.4, -0.2) is 29.2 Å². The van der Waals surface area contributed by atoms with Crippen LogP contribution in [0.15, 0.2) is 60.9 Å². The van der Waals surface area contributed by atoms with Crippen LogP contribution < -0.4 is 15.0 Å². The number of hydrogen-bond acceptors (Lipinski definition) is 4. The molecule has 0 atom stereocenters. The Morgan fingerprint density at radius 2 is 1.90 bits per heavy atom. The molecule has 0 aliphatic carbocycles. The smallest absolute Gasteiger partial charge is 0.416 e. The van der Waals surface area contributed by atoms with Gasteiger partial charge in [-0.25, -0.2) is 9.78 Å². The lowest BCUT2D eigenvalue weighted by atomic mass is 10.1. The summed E-state index contributed by atoms with van der Waals surface area (Å²) in [5, 5.41) is 2.74. The molecule has 29 heavy (non-hydrogen) atoms. The van der Waals surface area contributed by atoms with Gasteiger partial charge in [-0.05, 0) is 36.4 Å². The van der Waals surface area contributed by atoms with Gasteiger partial charge in [-0.1, -0.05) is 12.1 Å². The van der Waals surface area contributed by atoms with Crippen LogP contribution in [0.4, 0.5) is 29.5 Å². The molecule has 9 heteroatoms. The Balaban J connectivity index is 1.66. The summed E-state index contributed by atoms with van der Waals surface area (Å²) in [4.78, 5) is 22.4. The number of nitrogens with zero attached hydrogens (tertiary/aromatic N) is 3. The summed E-state index contributed by atoms with van der Waals surface area (Å²) >= 11 is 0. The van der Waals surface area contributed by atoms with E-state index in [0.29, 0.717) is 22.7 Å². The van der Waals surface area contributed by atoms with E-state index in [4.69, 9.17) is 4.74 Å². The Morgan fingerprint density at radius 1 is 1.10 bits per heavy atom. The zero-order chi connectivity index (χ0) is 20.4. The van der Waals surface area contributed by atoms with E-state index in [0.717, 1.165) is 12.1 Å². The number of aromatic nitrogens is 2. The van der Waals surface area contributed by atoms with Crippen LogP contribution >= 0.6 is 0 Å². The fourth-order valence-corrected chi connectivity index (χ4v) is 2.93. The maximum absolute atomic E-state index is 13.0. The number of hydrogen-bond donors (Lipinski definition) is 1. The molecule has 3 heterocycles. The summed E-state index contributed by atoms with van der Waals surface area (Å²) < 4.78 is 44.6. The Kier molecular flexibility index (Phi) is 4.79. The van der Waals surface area contributed by atoms with Crippen molar-refractivity contribution >= 4 is 17.5 Å². The molecule has 3 aromatic rings. The van der Waals surface area contributed by atoms with E-state index in [1.165, 1.54) is 17.0 Å². The molecule has 1 aliphatic heterocycles. The number of fused-ring (bicyclic) bond motifs is 1. The first-order valence-corrected chi connectivity index (χ1v) is 8.72. The molecule has 1 aromatic carbocycles. The Labute approximate surface area is 164 Å². The fourth-order valence-electron chi connectivity index (χ4n) is 2.93. The maximum atomic E-state index is 13.0. The second kappa shape index (κ2) is 7.42. The molecule has 0 saturated heterocycles. The summed E-state index contributed by atoms with van der Waals surface area (Å²) in [5.74, 6) is 0.634. The highest BCUT2D eigenvalue weighted by molar-refractivity contribution is 6.02. The number of anilines is 2. The van der Waals surface area contributed by atoms with Crippen LogP contribution in [0.2, 0.25) is 0 Å². The molecule has 1 aliphatic rings. The first-order valence-electron chi connectivity index (χ1n) is 8.72. The normalized spacial score (nSPS) is 13.4. The summed E-state index contributed by atoms with van der Waals surface area (Å²) in [6.45, 7) is 0.532. The van der Waals surface area contributed by atoms with Crippen molar-refractivity contribution in [3.05, 3.63) is 66.5 Å². The van der Waals surface area contributed by atoms with Crippen molar-refractivity contribution in [2.75, 3.05) is 23.4 Å². The number of urea groups is 1. The van der Waals surface area contributed by atoms with Crippen molar-refractivity contribution in [2.24, 2.45) is 0 Å². The number of ether oxygens (including phenoxy) is 1. The number of pyridine rings is 2. The van der Waals surface area contributed by atoms with Crippen LogP contribution in [-0.2, 0) is 6.18 Å². The molecule has 1 N–H and O–H groups in total. The average Bonchev–Trinajstić information content (AvgIpc) is 2.73. The van der Waals surface area contributed by atoms with Gasteiger partial charge in [-0.15, -0.1) is 0 Å². The largest absolute Gasteiger partial charge is 0.488 e. The zero-order valence-corrected chi connectivity index (χ0v) is 15.0. The van der Waals surface area contributed by atoms with E-state index in [1.54, 1.807) is 36.7 Å². The Morgan fingerprint density at radius 3 is 2.66 bits per heavy atom. The first kappa shape index (κ1) is 18.7. The van der Waals surface area contributed by atoms with Gasteiger partial charge in [-0.3, -0.25) is 9.88 Å². The van der Waals surface area contributed by atoms with Gasteiger partial charge in [0.05, 0.1) is 17.8 Å². The number of halogens is 3. The van der Waals surface area contributed by atoms with Crippen LogP contribution in [0, 0.1) is 0 Å². The summed E-state index contributed by atoms with van der Waals surface area (Å²) in [6.07, 6.45) is -1.36. The molecule has 148 valence electrons. The fraction of sp³-hybridized carbons (Fsp3) is 0.150. The molecule has 0 unspecified atom stereocenters. The molecule has 2 aromatic heterocycles. The highest BCUT2D eigenvalue weighted by Gasteiger charge is 2.31. The number of rotatable bonds is 2. The Hall–Kier alpha value is -3.62. The van der Waals surface area contributed by atoms with Gasteiger partial charge >= 0.3 is 12.2 Å². The second-order valence-electron chi connectivity index (χ2n) is 6.26. The highest BCUT2D eigenvalue weighted by Crippen LogP contribution is 2.35. The van der Waals surface area contributed by atoms with Crippen molar-refractivity contribution in [3.8, 4) is 17.0 Å². The number of carbonyl (C=O) groups is 1. The molecule has 0 radical (unpaired) electrons. The lowest BCUT2D eigenvalue weighted by molar-refractivity contribution is -0.137. The number of benzene rings is 1. The van der Waals surface area contributed by atoms with Gasteiger partial charge in [0.15, 0.2) is 11.6 Å². The highest BCUT2D eigenvalue weighted by atomic mass is 19.4. The minimum absolute atomic E-state index is 0.248. The van der Waals surface area contributed by atoms with Crippen molar-refractivity contribution in [1.82, 2.24) is 9.97 Å². The third kappa shape index (κ3) is 3.98. The van der Waals surface area contributed by atoms with E-state index in [9.17, 15) is 18.0 Å². The molecule has 0 fully saturated rings. The van der Waals surface area contributed by atoms with Gasteiger partial charge in [0, 0.05) is 23.6 Å². The molecule has 4 rings (SSSR count). The third-order valence-electron chi connectivity index (χ3n) is 4.33. The van der Waals surface area contributed by atoms with Crippen LogP contribution in [0.1, 0.15) is 5.56 Å². The average molecular weight is 400 g/mol. The lowest BCUT2D eigenvalue weighted by Gasteiger charge is -2.28. The Bertz CT molecular complexity index is 1040. The number of alkyl halides is 3. The second-order valence-corrected chi connectivity index (χ2v) is 6.26. The van der Waals surface area contributed by atoms with E-state index in [1.807, 2.05) is 0 Å². The van der Waals surface area contributed by atoms with Crippen molar-refractivity contribution in [2.45, 2.75) is 6.18 Å². The molecular formula is C20H15F3N4O2. The monoisotopic (exact) mass is 400 g/mol. The molecular weight excluding hydrogens is 385 g/mol. The van der Waals surface area contributed by atoms with Gasteiger partial charge in [0.25, 0.3) is 0 Å². The zero-order valence-electron chi connectivity index (χ0n) is 15.0. The van der Waals surface area contributed by atoms with E-state index in [2.05, 4.69) is 15.3 Å². The van der Waals surface area contributed by atoms with Crippen LogP contribution in [0.3, 0.4) is 0 Å².